The van der Waals surface area contributed by atoms with Crippen molar-refractivity contribution < 1.29 is 31.1 Å². The topological polar surface area (TPSA) is 64.2 Å². The Morgan fingerprint density at radius 1 is 1.26 bits per heavy atom. The molecule has 1 amide bonds. The SMILES string of the molecule is NC1CCC(C(F)(F)F)N(C(=O)Cn2ccc(C(F)(F)F)n2)C1. The Bertz CT molecular complexity index is 567. The van der Waals surface area contributed by atoms with Crippen molar-refractivity contribution in [2.45, 2.75) is 43.8 Å². The van der Waals surface area contributed by atoms with E-state index in [1.807, 2.05) is 0 Å². The molecule has 1 fully saturated rings. The lowest BCUT2D eigenvalue weighted by atomic mass is 9.98. The maximum absolute atomic E-state index is 13.0. The zero-order valence-corrected chi connectivity index (χ0v) is 11.7. The summed E-state index contributed by atoms with van der Waals surface area (Å²) in [6.45, 7) is -1.01. The highest BCUT2D eigenvalue weighted by atomic mass is 19.4. The summed E-state index contributed by atoms with van der Waals surface area (Å²) in [6, 6.07) is -1.93. The van der Waals surface area contributed by atoms with Gasteiger partial charge in [-0.05, 0) is 18.9 Å². The molecule has 1 aromatic rings. The van der Waals surface area contributed by atoms with Gasteiger partial charge in [0, 0.05) is 18.8 Å². The van der Waals surface area contributed by atoms with Crippen molar-refractivity contribution in [1.29, 1.82) is 0 Å². The van der Waals surface area contributed by atoms with Crippen molar-refractivity contribution in [3.8, 4) is 0 Å². The van der Waals surface area contributed by atoms with E-state index in [1.165, 1.54) is 0 Å². The summed E-state index contributed by atoms with van der Waals surface area (Å²) in [6.07, 6.45) is -8.61. The van der Waals surface area contributed by atoms with E-state index >= 15 is 0 Å². The Morgan fingerprint density at radius 3 is 2.43 bits per heavy atom. The number of hydrogen-bond donors (Lipinski definition) is 1. The van der Waals surface area contributed by atoms with Crippen LogP contribution >= 0.6 is 0 Å². The summed E-state index contributed by atoms with van der Waals surface area (Å²) in [5.41, 5.74) is 4.38. The van der Waals surface area contributed by atoms with Crippen LogP contribution in [0, 0.1) is 0 Å². The third kappa shape index (κ3) is 4.15. The van der Waals surface area contributed by atoms with Crippen molar-refractivity contribution in [3.05, 3.63) is 18.0 Å². The zero-order chi connectivity index (χ0) is 17.4. The van der Waals surface area contributed by atoms with Crippen LogP contribution in [0.4, 0.5) is 26.3 Å². The molecule has 130 valence electrons. The van der Waals surface area contributed by atoms with Crippen molar-refractivity contribution in [3.63, 3.8) is 0 Å². The first-order valence-electron chi connectivity index (χ1n) is 6.71. The van der Waals surface area contributed by atoms with E-state index in [0.717, 1.165) is 6.20 Å². The van der Waals surface area contributed by atoms with E-state index in [4.69, 9.17) is 5.73 Å². The Hall–Kier alpha value is -1.78. The average molecular weight is 344 g/mol. The number of carbonyl (C=O) groups is 1. The van der Waals surface area contributed by atoms with Crippen LogP contribution in [0.1, 0.15) is 18.5 Å². The molecule has 0 aromatic carbocycles. The highest BCUT2D eigenvalue weighted by molar-refractivity contribution is 5.76. The predicted octanol–water partition coefficient (Wildman–Crippen LogP) is 1.78. The third-order valence-corrected chi connectivity index (χ3v) is 3.54. The molecule has 0 spiro atoms. The van der Waals surface area contributed by atoms with Gasteiger partial charge in [0.1, 0.15) is 12.6 Å². The minimum absolute atomic E-state index is 0.119. The van der Waals surface area contributed by atoms with Crippen LogP contribution in [-0.2, 0) is 17.5 Å². The molecule has 1 aliphatic heterocycles. The molecule has 5 nitrogen and oxygen atoms in total. The van der Waals surface area contributed by atoms with Crippen LogP contribution in [-0.4, -0.2) is 45.4 Å². The monoisotopic (exact) mass is 344 g/mol. The summed E-state index contributed by atoms with van der Waals surface area (Å²) in [4.78, 5) is 12.6. The van der Waals surface area contributed by atoms with Crippen LogP contribution in [0.25, 0.3) is 0 Å². The normalized spacial score (nSPS) is 23.2. The first-order chi connectivity index (χ1) is 10.5. The number of nitrogens with zero attached hydrogens (tertiary/aromatic N) is 3. The molecule has 2 N–H and O–H groups in total. The summed E-state index contributed by atoms with van der Waals surface area (Å²) >= 11 is 0. The van der Waals surface area contributed by atoms with Gasteiger partial charge in [0.25, 0.3) is 0 Å². The number of amides is 1. The average Bonchev–Trinajstić information content (AvgIpc) is 2.85. The maximum Gasteiger partial charge on any atom is 0.435 e. The number of aromatic nitrogens is 2. The molecular weight excluding hydrogens is 330 g/mol. The lowest BCUT2D eigenvalue weighted by molar-refractivity contribution is -0.197. The maximum atomic E-state index is 13.0. The molecular formula is C12H14F6N4O. The number of rotatable bonds is 2. The number of carbonyl (C=O) groups excluding carboxylic acids is 1. The fourth-order valence-corrected chi connectivity index (χ4v) is 2.45. The van der Waals surface area contributed by atoms with Gasteiger partial charge in [-0.25, -0.2) is 0 Å². The molecule has 1 aromatic heterocycles. The standard InChI is InChI=1S/C12H14F6N4O/c13-11(14,15)8-3-4-21(20-8)6-10(23)22-5-7(19)1-2-9(22)12(16,17)18/h3-4,7,9H,1-2,5-6,19H2. The number of hydrogen-bond acceptors (Lipinski definition) is 3. The van der Waals surface area contributed by atoms with Crippen molar-refractivity contribution >= 4 is 5.91 Å². The molecule has 2 heterocycles. The summed E-state index contributed by atoms with van der Waals surface area (Å²) < 4.78 is 76.9. The van der Waals surface area contributed by atoms with E-state index in [-0.39, 0.29) is 19.4 Å². The smallest absolute Gasteiger partial charge is 0.327 e. The minimum atomic E-state index is -4.68. The van der Waals surface area contributed by atoms with Gasteiger partial charge in [-0.2, -0.15) is 31.4 Å². The number of likely N-dealkylation sites (tertiary alicyclic amines) is 1. The fraction of sp³-hybridized carbons (Fsp3) is 0.667. The van der Waals surface area contributed by atoms with Crippen molar-refractivity contribution in [2.75, 3.05) is 6.54 Å². The molecule has 2 atom stereocenters. The first-order valence-corrected chi connectivity index (χ1v) is 6.71. The minimum Gasteiger partial charge on any atom is -0.327 e. The fourth-order valence-electron chi connectivity index (χ4n) is 2.45. The molecule has 1 aliphatic rings. The highest BCUT2D eigenvalue weighted by Crippen LogP contribution is 2.32. The predicted molar refractivity (Wildman–Crippen MR) is 66.0 cm³/mol. The second kappa shape index (κ2) is 6.02. The van der Waals surface area contributed by atoms with Gasteiger partial charge in [0.05, 0.1) is 0 Å². The number of halogens is 6. The lowest BCUT2D eigenvalue weighted by Gasteiger charge is -2.39. The second-order valence-corrected chi connectivity index (χ2v) is 5.34. The highest BCUT2D eigenvalue weighted by Gasteiger charge is 2.47. The molecule has 0 aliphatic carbocycles. The van der Waals surface area contributed by atoms with Crippen LogP contribution < -0.4 is 5.73 Å². The molecule has 0 radical (unpaired) electrons. The van der Waals surface area contributed by atoms with Gasteiger partial charge >= 0.3 is 12.4 Å². The van der Waals surface area contributed by atoms with Crippen LogP contribution in [0.2, 0.25) is 0 Å². The van der Waals surface area contributed by atoms with Gasteiger partial charge in [0.2, 0.25) is 5.91 Å². The van der Waals surface area contributed by atoms with Gasteiger partial charge in [-0.15, -0.1) is 0 Å². The molecule has 11 heteroatoms. The Balaban J connectivity index is 2.12. The molecule has 1 saturated heterocycles. The van der Waals surface area contributed by atoms with E-state index in [1.54, 1.807) is 0 Å². The largest absolute Gasteiger partial charge is 0.435 e. The molecule has 0 bridgehead atoms. The van der Waals surface area contributed by atoms with E-state index in [0.29, 0.717) is 15.6 Å². The summed E-state index contributed by atoms with van der Waals surface area (Å²) in [5, 5.41) is 3.15. The van der Waals surface area contributed by atoms with E-state index in [9.17, 15) is 31.1 Å². The Kier molecular flexibility index (Phi) is 4.60. The van der Waals surface area contributed by atoms with Crippen LogP contribution in [0.15, 0.2) is 12.3 Å². The van der Waals surface area contributed by atoms with Gasteiger partial charge in [0.15, 0.2) is 5.69 Å². The molecule has 0 saturated carbocycles. The summed E-state index contributed by atoms with van der Waals surface area (Å²) in [7, 11) is 0. The first kappa shape index (κ1) is 17.6. The van der Waals surface area contributed by atoms with Gasteiger partial charge in [-0.1, -0.05) is 0 Å². The van der Waals surface area contributed by atoms with E-state index < -0.39 is 42.6 Å². The van der Waals surface area contributed by atoms with Crippen LogP contribution in [0.5, 0.6) is 0 Å². The molecule has 2 unspecified atom stereocenters. The van der Waals surface area contributed by atoms with Gasteiger partial charge < -0.3 is 10.6 Å². The molecule has 2 rings (SSSR count). The Labute approximate surface area is 127 Å². The van der Waals surface area contributed by atoms with Gasteiger partial charge in [-0.3, -0.25) is 9.48 Å². The van der Waals surface area contributed by atoms with Crippen LogP contribution in [0.3, 0.4) is 0 Å². The quantitative estimate of drug-likeness (QED) is 0.832. The zero-order valence-electron chi connectivity index (χ0n) is 11.7. The third-order valence-electron chi connectivity index (χ3n) is 3.54. The second-order valence-electron chi connectivity index (χ2n) is 5.34. The van der Waals surface area contributed by atoms with Crippen molar-refractivity contribution in [1.82, 2.24) is 14.7 Å². The summed E-state index contributed by atoms with van der Waals surface area (Å²) in [5.74, 6) is -0.973. The Morgan fingerprint density at radius 2 is 1.91 bits per heavy atom. The van der Waals surface area contributed by atoms with Crippen molar-refractivity contribution in [2.24, 2.45) is 5.73 Å². The van der Waals surface area contributed by atoms with E-state index in [2.05, 4.69) is 5.10 Å². The number of nitrogens with two attached hydrogens (primary N) is 1. The number of alkyl halides is 6. The number of piperidine rings is 1. The molecule has 23 heavy (non-hydrogen) atoms. The lowest BCUT2D eigenvalue weighted by Crippen LogP contribution is -2.57.